The minimum Gasteiger partial charge on any atom is -0.478 e. The Morgan fingerprint density at radius 3 is 2.25 bits per heavy atom. The Balaban J connectivity index is 3.27. The number of carboxylic acids is 1. The van der Waals surface area contributed by atoms with Gasteiger partial charge in [0.15, 0.2) is 0 Å². The van der Waals surface area contributed by atoms with Gasteiger partial charge in [0, 0.05) is 11.3 Å². The molecular formula is C18H25NO4Si. The summed E-state index contributed by atoms with van der Waals surface area (Å²) >= 11 is 0. The molecule has 0 saturated heterocycles. The largest absolute Gasteiger partial charge is 0.478 e. The predicted octanol–water partition coefficient (Wildman–Crippen LogP) is 4.27. The number of aromatic carboxylic acids is 1. The lowest BCUT2D eigenvalue weighted by Crippen LogP contribution is -2.27. The lowest BCUT2D eigenvalue weighted by molar-refractivity contribution is 0.0632. The van der Waals surface area contributed by atoms with Gasteiger partial charge < -0.3 is 9.84 Å². The topological polar surface area (TPSA) is 75.6 Å². The second-order valence-corrected chi connectivity index (χ2v) is 12.4. The van der Waals surface area contributed by atoms with E-state index in [-0.39, 0.29) is 5.56 Å². The number of nitrogens with one attached hydrogen (secondary N) is 1. The van der Waals surface area contributed by atoms with E-state index < -0.39 is 25.7 Å². The van der Waals surface area contributed by atoms with Crippen LogP contribution in [0.3, 0.4) is 0 Å². The van der Waals surface area contributed by atoms with Crippen LogP contribution in [0.4, 0.5) is 10.5 Å². The highest BCUT2D eigenvalue weighted by atomic mass is 28.3. The van der Waals surface area contributed by atoms with E-state index in [9.17, 15) is 14.7 Å². The molecule has 1 aromatic rings. The third-order valence-corrected chi connectivity index (χ3v) is 3.73. The second kappa shape index (κ2) is 7.10. The van der Waals surface area contributed by atoms with Gasteiger partial charge in [0.1, 0.15) is 13.7 Å². The maximum atomic E-state index is 11.9. The molecule has 1 rings (SSSR count). The maximum absolute atomic E-state index is 11.9. The molecule has 0 heterocycles. The molecule has 0 atom stereocenters. The molecule has 0 fully saturated rings. The average molecular weight is 347 g/mol. The van der Waals surface area contributed by atoms with Crippen LogP contribution in [0.5, 0.6) is 0 Å². The van der Waals surface area contributed by atoms with E-state index in [1.807, 2.05) is 0 Å². The molecule has 130 valence electrons. The van der Waals surface area contributed by atoms with Crippen molar-refractivity contribution in [3.63, 3.8) is 0 Å². The van der Waals surface area contributed by atoms with Crippen molar-refractivity contribution in [1.82, 2.24) is 0 Å². The molecule has 24 heavy (non-hydrogen) atoms. The van der Waals surface area contributed by atoms with E-state index >= 15 is 0 Å². The number of anilines is 1. The van der Waals surface area contributed by atoms with Crippen LogP contribution in [-0.4, -0.2) is 30.8 Å². The molecule has 6 heteroatoms. The summed E-state index contributed by atoms with van der Waals surface area (Å²) in [6, 6.07) is 3.10. The lowest BCUT2D eigenvalue weighted by Gasteiger charge is -2.20. The van der Waals surface area contributed by atoms with Crippen molar-refractivity contribution in [3.8, 4) is 11.5 Å². The van der Waals surface area contributed by atoms with Crippen LogP contribution in [0, 0.1) is 18.4 Å². The molecule has 0 aliphatic heterocycles. The Morgan fingerprint density at radius 1 is 1.21 bits per heavy atom. The SMILES string of the molecule is Cc1c(C#C[Si](C)(C)C)cc(NC(=O)OC(C)(C)C)cc1C(=O)O. The van der Waals surface area contributed by atoms with Crippen LogP contribution in [0.2, 0.25) is 19.6 Å². The van der Waals surface area contributed by atoms with Gasteiger partial charge >= 0.3 is 12.1 Å². The summed E-state index contributed by atoms with van der Waals surface area (Å²) in [4.78, 5) is 23.4. The van der Waals surface area contributed by atoms with Crippen molar-refractivity contribution < 1.29 is 19.4 Å². The summed E-state index contributed by atoms with van der Waals surface area (Å²) < 4.78 is 5.20. The summed E-state index contributed by atoms with van der Waals surface area (Å²) in [6.45, 7) is 13.3. The van der Waals surface area contributed by atoms with E-state index in [1.165, 1.54) is 6.07 Å². The summed E-state index contributed by atoms with van der Waals surface area (Å²) in [7, 11) is -1.61. The number of carbonyl (C=O) groups is 2. The van der Waals surface area contributed by atoms with Crippen molar-refractivity contribution >= 4 is 25.8 Å². The van der Waals surface area contributed by atoms with Gasteiger partial charge in [0.25, 0.3) is 0 Å². The van der Waals surface area contributed by atoms with Gasteiger partial charge in [-0.15, -0.1) is 5.54 Å². The van der Waals surface area contributed by atoms with Crippen LogP contribution in [0.1, 0.15) is 42.3 Å². The number of ether oxygens (including phenoxy) is 1. The molecule has 0 aromatic heterocycles. The number of rotatable bonds is 2. The fraction of sp³-hybridized carbons (Fsp3) is 0.444. The van der Waals surface area contributed by atoms with Crippen LogP contribution >= 0.6 is 0 Å². The minimum absolute atomic E-state index is 0.114. The zero-order valence-electron chi connectivity index (χ0n) is 15.3. The number of hydrogen-bond acceptors (Lipinski definition) is 3. The van der Waals surface area contributed by atoms with Crippen LogP contribution in [0.25, 0.3) is 0 Å². The smallest absolute Gasteiger partial charge is 0.412 e. The van der Waals surface area contributed by atoms with Crippen molar-refractivity contribution in [2.24, 2.45) is 0 Å². The molecule has 0 unspecified atom stereocenters. The number of hydrogen-bond donors (Lipinski definition) is 2. The first-order valence-corrected chi connectivity index (χ1v) is 11.2. The molecule has 0 aliphatic rings. The molecule has 0 radical (unpaired) electrons. The minimum atomic E-state index is -1.61. The number of carbonyl (C=O) groups excluding carboxylic acids is 1. The summed E-state index contributed by atoms with van der Waals surface area (Å²) in [5.41, 5.74) is 4.24. The van der Waals surface area contributed by atoms with Gasteiger partial charge in [-0.3, -0.25) is 5.32 Å². The molecule has 0 saturated carbocycles. The molecule has 0 bridgehead atoms. The third-order valence-electron chi connectivity index (χ3n) is 2.86. The molecular weight excluding hydrogens is 322 g/mol. The Hall–Kier alpha value is -2.26. The Bertz CT molecular complexity index is 715. The zero-order valence-corrected chi connectivity index (χ0v) is 16.3. The Kier molecular flexibility index (Phi) is 5.85. The standard InChI is InChI=1S/C18H25NO4Si/c1-12-13(8-9-24(5,6)7)10-14(11-15(12)16(20)21)19-17(22)23-18(2,3)4/h10-11H,1-7H3,(H,19,22)(H,20,21). The first kappa shape index (κ1) is 19.8. The average Bonchev–Trinajstić information content (AvgIpc) is 2.35. The molecule has 0 aliphatic carbocycles. The van der Waals surface area contributed by atoms with Gasteiger partial charge in [-0.05, 0) is 45.4 Å². The zero-order chi connectivity index (χ0) is 18.7. The normalized spacial score (nSPS) is 11.3. The molecule has 2 N–H and O–H groups in total. The maximum Gasteiger partial charge on any atom is 0.412 e. The summed E-state index contributed by atoms with van der Waals surface area (Å²) in [6.07, 6.45) is -0.633. The monoisotopic (exact) mass is 347 g/mol. The fourth-order valence-electron chi connectivity index (χ4n) is 1.81. The van der Waals surface area contributed by atoms with Crippen molar-refractivity contribution in [2.75, 3.05) is 5.32 Å². The van der Waals surface area contributed by atoms with Gasteiger partial charge in [-0.25, -0.2) is 9.59 Å². The van der Waals surface area contributed by atoms with Crippen LogP contribution < -0.4 is 5.32 Å². The van der Waals surface area contributed by atoms with Gasteiger partial charge in [-0.1, -0.05) is 25.6 Å². The van der Waals surface area contributed by atoms with Gasteiger partial charge in [0.2, 0.25) is 0 Å². The van der Waals surface area contributed by atoms with E-state index in [2.05, 4.69) is 36.4 Å². The number of carboxylic acid groups (broad SMARTS) is 1. The predicted molar refractivity (Wildman–Crippen MR) is 98.2 cm³/mol. The number of amides is 1. The lowest BCUT2D eigenvalue weighted by atomic mass is 10.0. The van der Waals surface area contributed by atoms with E-state index in [4.69, 9.17) is 4.74 Å². The van der Waals surface area contributed by atoms with Gasteiger partial charge in [-0.2, -0.15) is 0 Å². The Morgan fingerprint density at radius 2 is 1.79 bits per heavy atom. The molecule has 0 spiro atoms. The summed E-state index contributed by atoms with van der Waals surface area (Å²) in [5, 5.41) is 12.0. The number of benzene rings is 1. The Labute approximate surface area is 144 Å². The third kappa shape index (κ3) is 6.47. The first-order chi connectivity index (χ1) is 10.8. The molecule has 1 amide bonds. The first-order valence-electron chi connectivity index (χ1n) is 7.69. The molecule has 1 aromatic carbocycles. The van der Waals surface area contributed by atoms with Crippen molar-refractivity contribution in [1.29, 1.82) is 0 Å². The van der Waals surface area contributed by atoms with Crippen LogP contribution in [-0.2, 0) is 4.74 Å². The second-order valence-electron chi connectivity index (χ2n) is 7.63. The van der Waals surface area contributed by atoms with E-state index in [1.54, 1.807) is 33.8 Å². The highest BCUT2D eigenvalue weighted by Gasteiger charge is 2.18. The van der Waals surface area contributed by atoms with E-state index in [0.717, 1.165) is 0 Å². The van der Waals surface area contributed by atoms with Crippen LogP contribution in [0.15, 0.2) is 12.1 Å². The molecule has 5 nitrogen and oxygen atoms in total. The quantitative estimate of drug-likeness (QED) is 0.619. The highest BCUT2D eigenvalue weighted by Crippen LogP contribution is 2.21. The van der Waals surface area contributed by atoms with Gasteiger partial charge in [0.05, 0.1) is 5.56 Å². The van der Waals surface area contributed by atoms with E-state index in [0.29, 0.717) is 16.8 Å². The van der Waals surface area contributed by atoms with Crippen molar-refractivity contribution in [2.45, 2.75) is 52.9 Å². The van der Waals surface area contributed by atoms with Crippen molar-refractivity contribution in [3.05, 3.63) is 28.8 Å². The summed E-state index contributed by atoms with van der Waals surface area (Å²) in [5.74, 6) is 2.01. The highest BCUT2D eigenvalue weighted by molar-refractivity contribution is 6.83. The fourth-order valence-corrected chi connectivity index (χ4v) is 2.32.